The fourth-order valence-electron chi connectivity index (χ4n) is 2.67. The summed E-state index contributed by atoms with van der Waals surface area (Å²) in [7, 11) is 0. The van der Waals surface area contributed by atoms with Crippen LogP contribution in [-0.4, -0.2) is 39.7 Å². The predicted octanol–water partition coefficient (Wildman–Crippen LogP) is 2.54. The molecule has 1 N–H and O–H groups in total. The maximum Gasteiger partial charge on any atom is 0.0706 e. The van der Waals surface area contributed by atoms with E-state index >= 15 is 0 Å². The summed E-state index contributed by atoms with van der Waals surface area (Å²) in [6.07, 6.45) is 3.93. The van der Waals surface area contributed by atoms with E-state index in [0.29, 0.717) is 12.1 Å². The van der Waals surface area contributed by atoms with Crippen molar-refractivity contribution in [2.75, 3.05) is 13.1 Å². The highest BCUT2D eigenvalue weighted by Gasteiger charge is 2.12. The van der Waals surface area contributed by atoms with Crippen molar-refractivity contribution in [2.45, 2.75) is 46.3 Å². The van der Waals surface area contributed by atoms with E-state index in [1.54, 1.807) is 0 Å². The summed E-state index contributed by atoms with van der Waals surface area (Å²) < 4.78 is 1.92. The molecule has 0 amide bonds. The molecule has 0 saturated heterocycles. The van der Waals surface area contributed by atoms with E-state index in [1.807, 2.05) is 23.0 Å². The zero-order chi connectivity index (χ0) is 14.5. The van der Waals surface area contributed by atoms with Gasteiger partial charge in [-0.15, -0.1) is 0 Å². The van der Waals surface area contributed by atoms with Crippen LogP contribution in [0, 0.1) is 0 Å². The van der Waals surface area contributed by atoms with Crippen LogP contribution in [0.1, 0.15) is 33.3 Å². The topological polar surface area (TPSA) is 32.6 Å². The third-order valence-corrected chi connectivity index (χ3v) is 3.70. The largest absolute Gasteiger partial charge is 0.311 e. The third kappa shape index (κ3) is 3.58. The van der Waals surface area contributed by atoms with Gasteiger partial charge >= 0.3 is 0 Å². The molecule has 0 aromatic carbocycles. The summed E-state index contributed by atoms with van der Waals surface area (Å²) in [5, 5.41) is 7.88. The van der Waals surface area contributed by atoms with Gasteiger partial charge in [-0.2, -0.15) is 5.10 Å². The lowest BCUT2D eigenvalue weighted by atomic mass is 10.2. The lowest BCUT2D eigenvalue weighted by Crippen LogP contribution is -2.41. The average Bonchev–Trinajstić information content (AvgIpc) is 2.81. The molecule has 4 heteroatoms. The molecule has 2 aromatic heterocycles. The normalized spacial score (nSPS) is 12.2. The van der Waals surface area contributed by atoms with Gasteiger partial charge < -0.3 is 5.32 Å². The number of aromatic nitrogens is 2. The van der Waals surface area contributed by atoms with Crippen molar-refractivity contribution >= 4 is 5.52 Å². The van der Waals surface area contributed by atoms with Gasteiger partial charge in [0.1, 0.15) is 0 Å². The Morgan fingerprint density at radius 1 is 1.20 bits per heavy atom. The molecule has 0 spiro atoms. The average molecular weight is 274 g/mol. The predicted molar refractivity (Wildman–Crippen MR) is 83.9 cm³/mol. The molecule has 0 aliphatic rings. The van der Waals surface area contributed by atoms with E-state index in [2.05, 4.69) is 55.1 Å². The number of hydrogen-bond donors (Lipinski definition) is 1. The molecule has 0 saturated carbocycles. The van der Waals surface area contributed by atoms with Gasteiger partial charge in [0.15, 0.2) is 0 Å². The van der Waals surface area contributed by atoms with Gasteiger partial charge in [-0.25, -0.2) is 4.52 Å². The van der Waals surface area contributed by atoms with Crippen molar-refractivity contribution in [3.05, 3.63) is 36.2 Å². The van der Waals surface area contributed by atoms with E-state index in [1.165, 1.54) is 11.1 Å². The Hall–Kier alpha value is -1.39. The smallest absolute Gasteiger partial charge is 0.0706 e. The molecule has 110 valence electrons. The Bertz CT molecular complexity index is 522. The van der Waals surface area contributed by atoms with Crippen molar-refractivity contribution in [3.8, 4) is 0 Å². The first kappa shape index (κ1) is 15.0. The molecule has 0 unspecified atom stereocenters. The second-order valence-electron chi connectivity index (χ2n) is 5.80. The zero-order valence-electron chi connectivity index (χ0n) is 13.0. The highest BCUT2D eigenvalue weighted by atomic mass is 15.2. The standard InChI is InChI=1S/C16H26N4/c1-13(2)19(14(3)4)10-8-17-11-15-12-18-20-9-6-5-7-16(15)20/h5-7,9,12-14,17H,8,10-11H2,1-4H3. The van der Waals surface area contributed by atoms with E-state index < -0.39 is 0 Å². The molecule has 0 fully saturated rings. The number of pyridine rings is 1. The Morgan fingerprint density at radius 2 is 1.95 bits per heavy atom. The monoisotopic (exact) mass is 274 g/mol. The van der Waals surface area contributed by atoms with Gasteiger partial charge in [0.05, 0.1) is 11.7 Å². The molecule has 0 bridgehead atoms. The Morgan fingerprint density at radius 3 is 2.65 bits per heavy atom. The zero-order valence-corrected chi connectivity index (χ0v) is 13.0. The van der Waals surface area contributed by atoms with Gasteiger partial charge in [0.25, 0.3) is 0 Å². The second kappa shape index (κ2) is 6.86. The summed E-state index contributed by atoms with van der Waals surface area (Å²) in [6.45, 7) is 12.0. The van der Waals surface area contributed by atoms with Gasteiger partial charge in [-0.05, 0) is 39.8 Å². The minimum absolute atomic E-state index is 0.591. The quantitative estimate of drug-likeness (QED) is 0.788. The highest BCUT2D eigenvalue weighted by Crippen LogP contribution is 2.09. The van der Waals surface area contributed by atoms with Crippen molar-refractivity contribution in [1.29, 1.82) is 0 Å². The molecule has 0 radical (unpaired) electrons. The van der Waals surface area contributed by atoms with Crippen LogP contribution in [0.4, 0.5) is 0 Å². The van der Waals surface area contributed by atoms with Crippen LogP contribution in [0.25, 0.3) is 5.52 Å². The molecule has 0 atom stereocenters. The summed E-state index contributed by atoms with van der Waals surface area (Å²) in [4.78, 5) is 2.50. The fourth-order valence-corrected chi connectivity index (χ4v) is 2.67. The van der Waals surface area contributed by atoms with Crippen LogP contribution in [0.15, 0.2) is 30.6 Å². The van der Waals surface area contributed by atoms with Crippen LogP contribution < -0.4 is 5.32 Å². The fraction of sp³-hybridized carbons (Fsp3) is 0.562. The van der Waals surface area contributed by atoms with Gasteiger partial charge in [-0.1, -0.05) is 6.07 Å². The van der Waals surface area contributed by atoms with Crippen molar-refractivity contribution in [3.63, 3.8) is 0 Å². The van der Waals surface area contributed by atoms with E-state index in [9.17, 15) is 0 Å². The third-order valence-electron chi connectivity index (χ3n) is 3.70. The van der Waals surface area contributed by atoms with E-state index in [-0.39, 0.29) is 0 Å². The maximum atomic E-state index is 4.36. The maximum absolute atomic E-state index is 4.36. The van der Waals surface area contributed by atoms with E-state index in [0.717, 1.165) is 19.6 Å². The molecule has 20 heavy (non-hydrogen) atoms. The Kier molecular flexibility index (Phi) is 5.15. The van der Waals surface area contributed by atoms with E-state index in [4.69, 9.17) is 0 Å². The number of nitrogens with one attached hydrogen (secondary N) is 1. The molecular weight excluding hydrogens is 248 g/mol. The molecule has 2 aromatic rings. The summed E-state index contributed by atoms with van der Waals surface area (Å²) >= 11 is 0. The summed E-state index contributed by atoms with van der Waals surface area (Å²) in [5.41, 5.74) is 2.44. The first-order valence-electron chi connectivity index (χ1n) is 7.47. The number of rotatable bonds is 7. The Labute approximate surface area is 121 Å². The number of fused-ring (bicyclic) bond motifs is 1. The van der Waals surface area contributed by atoms with Crippen molar-refractivity contribution < 1.29 is 0 Å². The van der Waals surface area contributed by atoms with Gasteiger partial charge in [-0.3, -0.25) is 4.90 Å². The molecule has 2 heterocycles. The Balaban J connectivity index is 1.84. The van der Waals surface area contributed by atoms with Gasteiger partial charge in [0, 0.05) is 43.5 Å². The molecule has 0 aliphatic heterocycles. The SMILES string of the molecule is CC(C)N(CCNCc1cnn2ccccc12)C(C)C. The summed E-state index contributed by atoms with van der Waals surface area (Å²) in [6, 6.07) is 7.35. The van der Waals surface area contributed by atoms with Crippen LogP contribution in [0.3, 0.4) is 0 Å². The molecular formula is C16H26N4. The van der Waals surface area contributed by atoms with Crippen molar-refractivity contribution in [1.82, 2.24) is 19.8 Å². The first-order valence-corrected chi connectivity index (χ1v) is 7.47. The van der Waals surface area contributed by atoms with Crippen LogP contribution in [-0.2, 0) is 6.54 Å². The molecule has 0 aliphatic carbocycles. The van der Waals surface area contributed by atoms with Crippen LogP contribution >= 0.6 is 0 Å². The minimum Gasteiger partial charge on any atom is -0.311 e. The van der Waals surface area contributed by atoms with Crippen molar-refractivity contribution in [2.24, 2.45) is 0 Å². The lowest BCUT2D eigenvalue weighted by molar-refractivity contribution is 0.176. The van der Waals surface area contributed by atoms with Crippen LogP contribution in [0.5, 0.6) is 0 Å². The minimum atomic E-state index is 0.591. The summed E-state index contributed by atoms with van der Waals surface area (Å²) in [5.74, 6) is 0. The molecule has 4 nitrogen and oxygen atoms in total. The highest BCUT2D eigenvalue weighted by molar-refractivity contribution is 5.53. The second-order valence-corrected chi connectivity index (χ2v) is 5.80. The number of hydrogen-bond acceptors (Lipinski definition) is 3. The lowest BCUT2D eigenvalue weighted by Gasteiger charge is -2.30. The van der Waals surface area contributed by atoms with Crippen LogP contribution in [0.2, 0.25) is 0 Å². The number of nitrogens with zero attached hydrogens (tertiary/aromatic N) is 3. The first-order chi connectivity index (χ1) is 9.59. The molecule has 2 rings (SSSR count). The van der Waals surface area contributed by atoms with Gasteiger partial charge in [0.2, 0.25) is 0 Å².